The maximum atomic E-state index is 5.76. The fourth-order valence-electron chi connectivity index (χ4n) is 1.87. The first-order chi connectivity index (χ1) is 9.52. The van der Waals surface area contributed by atoms with Gasteiger partial charge in [-0.15, -0.1) is 0 Å². The van der Waals surface area contributed by atoms with E-state index in [-0.39, 0.29) is 6.10 Å². The van der Waals surface area contributed by atoms with E-state index in [1.807, 2.05) is 20.8 Å². The molecule has 0 bridgehead atoms. The highest BCUT2D eigenvalue weighted by molar-refractivity contribution is 5.19. The molecule has 4 heteroatoms. The summed E-state index contributed by atoms with van der Waals surface area (Å²) >= 11 is 0. The molecule has 1 heterocycles. The number of rotatable bonds is 10. The molecule has 0 aliphatic rings. The Labute approximate surface area is 122 Å². The summed E-state index contributed by atoms with van der Waals surface area (Å²) < 4.78 is 16.8. The summed E-state index contributed by atoms with van der Waals surface area (Å²) in [6.45, 7) is 14.1. The van der Waals surface area contributed by atoms with Gasteiger partial charge in [0.15, 0.2) is 0 Å². The van der Waals surface area contributed by atoms with Crippen molar-refractivity contribution in [3.8, 4) is 0 Å². The van der Waals surface area contributed by atoms with Crippen LogP contribution in [0.5, 0.6) is 0 Å². The van der Waals surface area contributed by atoms with Crippen LogP contribution in [-0.2, 0) is 22.6 Å². The summed E-state index contributed by atoms with van der Waals surface area (Å²) in [5.74, 6) is 2.56. The third-order valence-corrected chi connectivity index (χ3v) is 3.00. The molecule has 1 aromatic rings. The zero-order chi connectivity index (χ0) is 15.0. The molecule has 20 heavy (non-hydrogen) atoms. The number of nitrogens with one attached hydrogen (secondary N) is 1. The van der Waals surface area contributed by atoms with Crippen LogP contribution in [0.4, 0.5) is 0 Å². The number of aryl methyl sites for hydroxylation is 1. The van der Waals surface area contributed by atoms with Crippen molar-refractivity contribution in [2.24, 2.45) is 5.92 Å². The highest BCUT2D eigenvalue weighted by Crippen LogP contribution is 2.16. The van der Waals surface area contributed by atoms with E-state index < -0.39 is 0 Å². The average molecular weight is 283 g/mol. The van der Waals surface area contributed by atoms with Crippen molar-refractivity contribution in [1.29, 1.82) is 0 Å². The molecular formula is C16H29NO3. The molecular weight excluding hydrogens is 254 g/mol. The zero-order valence-corrected chi connectivity index (χ0v) is 13.5. The van der Waals surface area contributed by atoms with Crippen LogP contribution in [0.3, 0.4) is 0 Å². The van der Waals surface area contributed by atoms with Gasteiger partial charge in [0.1, 0.15) is 11.5 Å². The van der Waals surface area contributed by atoms with Crippen molar-refractivity contribution in [1.82, 2.24) is 5.32 Å². The molecule has 0 saturated heterocycles. The minimum atomic E-state index is 0.103. The predicted molar refractivity (Wildman–Crippen MR) is 80.7 cm³/mol. The van der Waals surface area contributed by atoms with E-state index in [0.717, 1.165) is 36.8 Å². The molecule has 0 radical (unpaired) electrons. The predicted octanol–water partition coefficient (Wildman–Crippen LogP) is 3.28. The standard InChI is InChI=1S/C16H29NO3/c1-6-18-10-13(4)19-11-15-7-16(20-14(15)5)9-17-8-12(2)3/h7,12-13,17H,6,8-11H2,1-5H3. The maximum Gasteiger partial charge on any atom is 0.118 e. The molecule has 1 unspecified atom stereocenters. The lowest BCUT2D eigenvalue weighted by Crippen LogP contribution is -2.18. The summed E-state index contributed by atoms with van der Waals surface area (Å²) in [5.41, 5.74) is 1.12. The highest BCUT2D eigenvalue weighted by atomic mass is 16.5. The molecule has 0 spiro atoms. The summed E-state index contributed by atoms with van der Waals surface area (Å²) in [6, 6.07) is 2.08. The molecule has 0 fully saturated rings. The fraction of sp³-hybridized carbons (Fsp3) is 0.750. The minimum absolute atomic E-state index is 0.103. The van der Waals surface area contributed by atoms with Crippen LogP contribution in [-0.4, -0.2) is 25.9 Å². The van der Waals surface area contributed by atoms with Gasteiger partial charge < -0.3 is 19.2 Å². The van der Waals surface area contributed by atoms with Gasteiger partial charge in [-0.3, -0.25) is 0 Å². The smallest absolute Gasteiger partial charge is 0.118 e. The maximum absolute atomic E-state index is 5.76. The number of hydrogen-bond donors (Lipinski definition) is 1. The lowest BCUT2D eigenvalue weighted by atomic mass is 10.2. The van der Waals surface area contributed by atoms with Gasteiger partial charge in [-0.1, -0.05) is 13.8 Å². The minimum Gasteiger partial charge on any atom is -0.465 e. The van der Waals surface area contributed by atoms with E-state index in [1.54, 1.807) is 0 Å². The number of furan rings is 1. The van der Waals surface area contributed by atoms with Crippen molar-refractivity contribution in [2.45, 2.75) is 53.9 Å². The van der Waals surface area contributed by atoms with Crippen LogP contribution in [0, 0.1) is 12.8 Å². The Morgan fingerprint density at radius 1 is 1.30 bits per heavy atom. The summed E-state index contributed by atoms with van der Waals surface area (Å²) in [6.07, 6.45) is 0.103. The van der Waals surface area contributed by atoms with Crippen molar-refractivity contribution < 1.29 is 13.9 Å². The lowest BCUT2D eigenvalue weighted by Gasteiger charge is -2.12. The van der Waals surface area contributed by atoms with Crippen LogP contribution >= 0.6 is 0 Å². The van der Waals surface area contributed by atoms with Crippen molar-refractivity contribution in [3.05, 3.63) is 23.2 Å². The molecule has 0 amide bonds. The summed E-state index contributed by atoms with van der Waals surface area (Å²) in [7, 11) is 0. The molecule has 0 saturated carbocycles. The Morgan fingerprint density at radius 2 is 2.05 bits per heavy atom. The van der Waals surface area contributed by atoms with Gasteiger partial charge in [-0.05, 0) is 39.3 Å². The Hall–Kier alpha value is -0.840. The van der Waals surface area contributed by atoms with Gasteiger partial charge in [0, 0.05) is 12.2 Å². The van der Waals surface area contributed by atoms with Crippen LogP contribution in [0.25, 0.3) is 0 Å². The van der Waals surface area contributed by atoms with E-state index in [0.29, 0.717) is 19.1 Å². The molecule has 1 atom stereocenters. The number of hydrogen-bond acceptors (Lipinski definition) is 4. The Balaban J connectivity index is 2.37. The zero-order valence-electron chi connectivity index (χ0n) is 13.5. The summed E-state index contributed by atoms with van der Waals surface area (Å²) in [5, 5.41) is 3.38. The average Bonchev–Trinajstić information content (AvgIpc) is 2.74. The van der Waals surface area contributed by atoms with E-state index >= 15 is 0 Å². The van der Waals surface area contributed by atoms with Gasteiger partial charge in [-0.2, -0.15) is 0 Å². The Kier molecular flexibility index (Phi) is 7.88. The highest BCUT2D eigenvalue weighted by Gasteiger charge is 2.10. The van der Waals surface area contributed by atoms with Gasteiger partial charge in [0.25, 0.3) is 0 Å². The van der Waals surface area contributed by atoms with Crippen molar-refractivity contribution >= 4 is 0 Å². The van der Waals surface area contributed by atoms with E-state index in [2.05, 4.69) is 25.2 Å². The van der Waals surface area contributed by atoms with Crippen LogP contribution in [0.15, 0.2) is 10.5 Å². The quantitative estimate of drug-likeness (QED) is 0.715. The van der Waals surface area contributed by atoms with Crippen molar-refractivity contribution in [3.63, 3.8) is 0 Å². The normalized spacial score (nSPS) is 13.1. The summed E-state index contributed by atoms with van der Waals surface area (Å²) in [4.78, 5) is 0. The molecule has 116 valence electrons. The van der Waals surface area contributed by atoms with Crippen LogP contribution in [0.2, 0.25) is 0 Å². The largest absolute Gasteiger partial charge is 0.465 e. The SMILES string of the molecule is CCOCC(C)OCc1cc(CNCC(C)C)oc1C. The first kappa shape index (κ1) is 17.2. The lowest BCUT2D eigenvalue weighted by molar-refractivity contribution is -0.0120. The molecule has 0 aromatic carbocycles. The first-order valence-corrected chi connectivity index (χ1v) is 7.51. The van der Waals surface area contributed by atoms with Gasteiger partial charge in [0.05, 0.1) is 25.9 Å². The molecule has 1 aromatic heterocycles. The molecule has 4 nitrogen and oxygen atoms in total. The Bertz CT molecular complexity index is 374. The van der Waals surface area contributed by atoms with Gasteiger partial charge in [-0.25, -0.2) is 0 Å². The van der Waals surface area contributed by atoms with Crippen molar-refractivity contribution in [2.75, 3.05) is 19.8 Å². The van der Waals surface area contributed by atoms with Crippen LogP contribution in [0.1, 0.15) is 44.8 Å². The topological polar surface area (TPSA) is 43.6 Å². The third kappa shape index (κ3) is 6.55. The molecule has 0 aliphatic heterocycles. The second-order valence-electron chi connectivity index (χ2n) is 5.60. The van der Waals surface area contributed by atoms with E-state index in [9.17, 15) is 0 Å². The fourth-order valence-corrected chi connectivity index (χ4v) is 1.87. The third-order valence-electron chi connectivity index (χ3n) is 3.00. The second-order valence-corrected chi connectivity index (χ2v) is 5.60. The monoisotopic (exact) mass is 283 g/mol. The van der Waals surface area contributed by atoms with Gasteiger partial charge >= 0.3 is 0 Å². The Morgan fingerprint density at radius 3 is 2.70 bits per heavy atom. The van der Waals surface area contributed by atoms with E-state index in [1.165, 1.54) is 0 Å². The molecule has 0 aliphatic carbocycles. The second kappa shape index (κ2) is 9.16. The molecule has 1 rings (SSSR count). The van der Waals surface area contributed by atoms with E-state index in [4.69, 9.17) is 13.9 Å². The first-order valence-electron chi connectivity index (χ1n) is 7.51. The number of ether oxygens (including phenoxy) is 2. The van der Waals surface area contributed by atoms with Crippen LogP contribution < -0.4 is 5.32 Å². The van der Waals surface area contributed by atoms with Gasteiger partial charge in [0.2, 0.25) is 0 Å². The molecule has 1 N–H and O–H groups in total.